The summed E-state index contributed by atoms with van der Waals surface area (Å²) in [5.41, 5.74) is 7.92. The third kappa shape index (κ3) is 1.98. The van der Waals surface area contributed by atoms with E-state index in [-0.39, 0.29) is 5.56 Å². The molecule has 0 saturated carbocycles. The molecule has 0 atom stereocenters. The molecule has 0 bridgehead atoms. The normalized spacial score (nSPS) is 10.6. The lowest BCUT2D eigenvalue weighted by Gasteiger charge is -2.10. The predicted octanol–water partition coefficient (Wildman–Crippen LogP) is 4.18. The van der Waals surface area contributed by atoms with Crippen molar-refractivity contribution in [3.63, 3.8) is 0 Å². The van der Waals surface area contributed by atoms with Gasteiger partial charge in [-0.05, 0) is 36.2 Å². The zero-order valence-corrected chi connectivity index (χ0v) is 9.85. The van der Waals surface area contributed by atoms with Gasteiger partial charge in [0.15, 0.2) is 5.82 Å². The number of benzene rings is 2. The van der Waals surface area contributed by atoms with Crippen molar-refractivity contribution < 1.29 is 8.78 Å². The molecule has 0 heterocycles. The zero-order valence-electron chi connectivity index (χ0n) is 9.10. The average Bonchev–Trinajstić information content (AvgIpc) is 2.31. The number of nitrogen functional groups attached to an aromatic ring is 1. The second-order valence-electron chi connectivity index (χ2n) is 3.74. The Hall–Kier alpha value is -1.61. The van der Waals surface area contributed by atoms with Crippen LogP contribution in [0.2, 0.25) is 5.02 Å². The molecule has 0 aromatic heterocycles. The lowest BCUT2D eigenvalue weighted by atomic mass is 9.99. The highest BCUT2D eigenvalue weighted by Gasteiger charge is 2.14. The van der Waals surface area contributed by atoms with Gasteiger partial charge in [-0.3, -0.25) is 0 Å². The van der Waals surface area contributed by atoms with Crippen molar-refractivity contribution in [2.45, 2.75) is 6.92 Å². The molecule has 2 aromatic rings. The number of anilines is 1. The van der Waals surface area contributed by atoms with Gasteiger partial charge in [0.2, 0.25) is 0 Å². The van der Waals surface area contributed by atoms with Gasteiger partial charge in [0.1, 0.15) is 10.8 Å². The molecule has 0 saturated heterocycles. The quantitative estimate of drug-likeness (QED) is 0.599. The van der Waals surface area contributed by atoms with Crippen molar-refractivity contribution in [1.82, 2.24) is 0 Å². The Morgan fingerprint density at radius 2 is 1.76 bits per heavy atom. The fourth-order valence-electron chi connectivity index (χ4n) is 1.68. The van der Waals surface area contributed by atoms with E-state index in [9.17, 15) is 8.78 Å². The van der Waals surface area contributed by atoms with Crippen LogP contribution in [-0.2, 0) is 0 Å². The van der Waals surface area contributed by atoms with Crippen LogP contribution in [0.4, 0.5) is 14.5 Å². The maximum Gasteiger partial charge on any atom is 0.152 e. The van der Waals surface area contributed by atoms with Gasteiger partial charge in [-0.1, -0.05) is 23.7 Å². The summed E-state index contributed by atoms with van der Waals surface area (Å²) in [7, 11) is 0. The summed E-state index contributed by atoms with van der Waals surface area (Å²) in [6.07, 6.45) is 0. The van der Waals surface area contributed by atoms with Gasteiger partial charge in [-0.25, -0.2) is 8.78 Å². The Morgan fingerprint density at radius 1 is 1.06 bits per heavy atom. The summed E-state index contributed by atoms with van der Waals surface area (Å²) in [4.78, 5) is 0. The molecule has 88 valence electrons. The molecule has 0 spiro atoms. The minimum absolute atomic E-state index is 0.251. The minimum Gasteiger partial charge on any atom is -0.398 e. The fraction of sp³-hybridized carbons (Fsp3) is 0.0769. The van der Waals surface area contributed by atoms with E-state index >= 15 is 0 Å². The highest BCUT2D eigenvalue weighted by atomic mass is 35.5. The molecular formula is C13H10ClF2N. The topological polar surface area (TPSA) is 26.0 Å². The summed E-state index contributed by atoms with van der Waals surface area (Å²) >= 11 is 5.54. The second-order valence-corrected chi connectivity index (χ2v) is 4.12. The molecule has 0 aliphatic rings. The standard InChI is InChI=1S/C13H10ClF2N/c1-7-8(3-2-4-11(7)17)9-5-6-10(15)12(14)13(9)16/h2-6H,17H2,1H3. The van der Waals surface area contributed by atoms with Crippen molar-refractivity contribution in [3.05, 3.63) is 52.6 Å². The highest BCUT2D eigenvalue weighted by molar-refractivity contribution is 6.31. The first-order valence-corrected chi connectivity index (χ1v) is 5.39. The van der Waals surface area contributed by atoms with E-state index in [0.29, 0.717) is 11.3 Å². The largest absolute Gasteiger partial charge is 0.398 e. The Labute approximate surface area is 103 Å². The Morgan fingerprint density at radius 3 is 2.47 bits per heavy atom. The molecular weight excluding hydrogens is 244 g/mol. The molecule has 2 rings (SSSR count). The first-order valence-electron chi connectivity index (χ1n) is 5.01. The molecule has 0 aliphatic heterocycles. The van der Waals surface area contributed by atoms with Gasteiger partial charge in [0.05, 0.1) is 0 Å². The van der Waals surface area contributed by atoms with Crippen LogP contribution in [0.25, 0.3) is 11.1 Å². The Balaban J connectivity index is 2.69. The van der Waals surface area contributed by atoms with Gasteiger partial charge >= 0.3 is 0 Å². The summed E-state index contributed by atoms with van der Waals surface area (Å²) in [5, 5.41) is -0.496. The van der Waals surface area contributed by atoms with Gasteiger partial charge in [-0.2, -0.15) is 0 Å². The number of rotatable bonds is 1. The van der Waals surface area contributed by atoms with E-state index in [2.05, 4.69) is 0 Å². The van der Waals surface area contributed by atoms with Gasteiger partial charge in [0.25, 0.3) is 0 Å². The lowest BCUT2D eigenvalue weighted by Crippen LogP contribution is -1.95. The molecule has 1 nitrogen and oxygen atoms in total. The van der Waals surface area contributed by atoms with E-state index in [1.54, 1.807) is 25.1 Å². The monoisotopic (exact) mass is 253 g/mol. The smallest absolute Gasteiger partial charge is 0.152 e. The maximum absolute atomic E-state index is 13.8. The van der Waals surface area contributed by atoms with E-state index in [1.165, 1.54) is 6.07 Å². The van der Waals surface area contributed by atoms with E-state index in [1.807, 2.05) is 0 Å². The third-order valence-electron chi connectivity index (χ3n) is 2.70. The molecule has 2 N–H and O–H groups in total. The van der Waals surface area contributed by atoms with Gasteiger partial charge in [0, 0.05) is 11.3 Å². The van der Waals surface area contributed by atoms with Gasteiger partial charge < -0.3 is 5.73 Å². The van der Waals surface area contributed by atoms with Crippen molar-refractivity contribution >= 4 is 17.3 Å². The first kappa shape index (κ1) is 11.9. The molecule has 17 heavy (non-hydrogen) atoms. The first-order chi connectivity index (χ1) is 8.02. The van der Waals surface area contributed by atoms with Crippen molar-refractivity contribution in [1.29, 1.82) is 0 Å². The van der Waals surface area contributed by atoms with Crippen molar-refractivity contribution in [2.24, 2.45) is 0 Å². The van der Waals surface area contributed by atoms with E-state index < -0.39 is 16.7 Å². The average molecular weight is 254 g/mol. The number of halogens is 3. The van der Waals surface area contributed by atoms with Crippen molar-refractivity contribution in [2.75, 3.05) is 5.73 Å². The van der Waals surface area contributed by atoms with Gasteiger partial charge in [-0.15, -0.1) is 0 Å². The molecule has 0 fully saturated rings. The van der Waals surface area contributed by atoms with E-state index in [4.69, 9.17) is 17.3 Å². The number of nitrogens with two attached hydrogens (primary N) is 1. The van der Waals surface area contributed by atoms with Crippen LogP contribution >= 0.6 is 11.6 Å². The Bertz CT molecular complexity index is 582. The van der Waals surface area contributed by atoms with Crippen LogP contribution in [-0.4, -0.2) is 0 Å². The molecule has 0 amide bonds. The molecule has 4 heteroatoms. The van der Waals surface area contributed by atoms with E-state index in [0.717, 1.165) is 11.6 Å². The van der Waals surface area contributed by atoms with Crippen LogP contribution in [0, 0.1) is 18.6 Å². The fourth-order valence-corrected chi connectivity index (χ4v) is 1.84. The predicted molar refractivity (Wildman–Crippen MR) is 66.0 cm³/mol. The summed E-state index contributed by atoms with van der Waals surface area (Å²) in [6.45, 7) is 1.78. The minimum atomic E-state index is -0.769. The molecule has 0 unspecified atom stereocenters. The van der Waals surface area contributed by atoms with Crippen LogP contribution in [0.5, 0.6) is 0 Å². The molecule has 0 radical (unpaired) electrons. The van der Waals surface area contributed by atoms with Crippen LogP contribution < -0.4 is 5.73 Å². The lowest BCUT2D eigenvalue weighted by molar-refractivity contribution is 0.586. The maximum atomic E-state index is 13.8. The Kier molecular flexibility index (Phi) is 3.03. The number of hydrogen-bond acceptors (Lipinski definition) is 1. The van der Waals surface area contributed by atoms with Crippen molar-refractivity contribution in [3.8, 4) is 11.1 Å². The summed E-state index contributed by atoms with van der Waals surface area (Å²) < 4.78 is 26.9. The van der Waals surface area contributed by atoms with Crippen LogP contribution in [0.1, 0.15) is 5.56 Å². The zero-order chi connectivity index (χ0) is 12.6. The highest BCUT2D eigenvalue weighted by Crippen LogP contribution is 2.33. The number of hydrogen-bond donors (Lipinski definition) is 1. The molecule has 0 aliphatic carbocycles. The molecule has 2 aromatic carbocycles. The third-order valence-corrected chi connectivity index (χ3v) is 3.05. The SMILES string of the molecule is Cc1c(N)cccc1-c1ccc(F)c(Cl)c1F. The van der Waals surface area contributed by atoms with Crippen LogP contribution in [0.15, 0.2) is 30.3 Å². The summed E-state index contributed by atoms with van der Waals surface area (Å²) in [6, 6.07) is 7.66. The summed E-state index contributed by atoms with van der Waals surface area (Å²) in [5.74, 6) is -1.53. The second kappa shape index (κ2) is 4.34. The van der Waals surface area contributed by atoms with Crippen LogP contribution in [0.3, 0.4) is 0 Å².